The summed E-state index contributed by atoms with van der Waals surface area (Å²) >= 11 is 0. The molecule has 1 unspecified atom stereocenters. The van der Waals surface area contributed by atoms with E-state index in [-0.39, 0.29) is 12.6 Å². The van der Waals surface area contributed by atoms with Crippen molar-refractivity contribution in [2.75, 3.05) is 11.9 Å². The molecule has 1 atom stereocenters. The molecule has 0 saturated heterocycles. The maximum Gasteiger partial charge on any atom is 0.313 e. The summed E-state index contributed by atoms with van der Waals surface area (Å²) in [6.45, 7) is 3.66. The van der Waals surface area contributed by atoms with Crippen LogP contribution in [0.5, 0.6) is 0 Å². The number of anilines is 1. The number of amides is 2. The van der Waals surface area contributed by atoms with Gasteiger partial charge < -0.3 is 15.7 Å². The summed E-state index contributed by atoms with van der Waals surface area (Å²) in [5.41, 5.74) is 1.68. The molecule has 5 nitrogen and oxygen atoms in total. The van der Waals surface area contributed by atoms with Crippen molar-refractivity contribution >= 4 is 17.5 Å². The number of nitrogens with one attached hydrogen (secondary N) is 2. The molecule has 3 N–H and O–H groups in total. The minimum absolute atomic E-state index is 0.180. The average molecular weight is 264 g/mol. The highest BCUT2D eigenvalue weighted by Gasteiger charge is 2.17. The van der Waals surface area contributed by atoms with Crippen molar-refractivity contribution in [3.05, 3.63) is 29.8 Å². The Kier molecular flexibility index (Phi) is 6.02. The summed E-state index contributed by atoms with van der Waals surface area (Å²) in [6, 6.07) is 6.95. The molecule has 0 heterocycles. The van der Waals surface area contributed by atoms with E-state index in [1.54, 1.807) is 6.07 Å². The third-order valence-corrected chi connectivity index (χ3v) is 2.85. The fraction of sp³-hybridized carbons (Fsp3) is 0.429. The van der Waals surface area contributed by atoms with E-state index in [9.17, 15) is 9.59 Å². The maximum atomic E-state index is 11.7. The SMILES string of the molecule is CCc1cccc(NC(=O)C(=O)NC(CC)CO)c1. The third-order valence-electron chi connectivity index (χ3n) is 2.85. The number of rotatable bonds is 5. The van der Waals surface area contributed by atoms with Crippen LogP contribution in [0.3, 0.4) is 0 Å². The monoisotopic (exact) mass is 264 g/mol. The number of carbonyl (C=O) groups is 2. The molecule has 0 aliphatic rings. The number of benzene rings is 1. The van der Waals surface area contributed by atoms with E-state index in [4.69, 9.17) is 5.11 Å². The maximum absolute atomic E-state index is 11.7. The summed E-state index contributed by atoms with van der Waals surface area (Å²) in [5, 5.41) is 14.0. The van der Waals surface area contributed by atoms with Gasteiger partial charge in [0.2, 0.25) is 0 Å². The largest absolute Gasteiger partial charge is 0.394 e. The van der Waals surface area contributed by atoms with Crippen molar-refractivity contribution in [1.29, 1.82) is 0 Å². The van der Waals surface area contributed by atoms with E-state index < -0.39 is 11.8 Å². The lowest BCUT2D eigenvalue weighted by molar-refractivity contribution is -0.136. The molecule has 0 spiro atoms. The Morgan fingerprint density at radius 3 is 2.58 bits per heavy atom. The predicted molar refractivity (Wildman–Crippen MR) is 73.8 cm³/mol. The minimum atomic E-state index is -0.734. The second kappa shape index (κ2) is 7.53. The van der Waals surface area contributed by atoms with Crippen LogP contribution in [0.2, 0.25) is 0 Å². The van der Waals surface area contributed by atoms with Gasteiger partial charge in [0, 0.05) is 5.69 Å². The molecular weight excluding hydrogens is 244 g/mol. The van der Waals surface area contributed by atoms with Crippen LogP contribution in [0.1, 0.15) is 25.8 Å². The number of aliphatic hydroxyl groups excluding tert-OH is 1. The van der Waals surface area contributed by atoms with Crippen molar-refractivity contribution < 1.29 is 14.7 Å². The lowest BCUT2D eigenvalue weighted by Crippen LogP contribution is -2.43. The normalized spacial score (nSPS) is 11.7. The van der Waals surface area contributed by atoms with Gasteiger partial charge in [-0.25, -0.2) is 0 Å². The first-order valence-electron chi connectivity index (χ1n) is 6.42. The van der Waals surface area contributed by atoms with Gasteiger partial charge in [0.15, 0.2) is 0 Å². The van der Waals surface area contributed by atoms with E-state index in [1.807, 2.05) is 32.0 Å². The Morgan fingerprint density at radius 2 is 2.00 bits per heavy atom. The molecule has 1 aromatic rings. The molecule has 0 aromatic heterocycles. The summed E-state index contributed by atoms with van der Waals surface area (Å²) in [7, 11) is 0. The second-order valence-corrected chi connectivity index (χ2v) is 4.27. The molecule has 1 rings (SSSR count). The Morgan fingerprint density at radius 1 is 1.26 bits per heavy atom. The molecule has 104 valence electrons. The third kappa shape index (κ3) is 4.71. The van der Waals surface area contributed by atoms with Crippen LogP contribution in [0.15, 0.2) is 24.3 Å². The molecular formula is C14H20N2O3. The number of carbonyl (C=O) groups excluding carboxylic acids is 2. The van der Waals surface area contributed by atoms with Gasteiger partial charge in [0.25, 0.3) is 0 Å². The van der Waals surface area contributed by atoms with E-state index >= 15 is 0 Å². The number of hydrogen-bond donors (Lipinski definition) is 3. The Hall–Kier alpha value is -1.88. The van der Waals surface area contributed by atoms with Crippen molar-refractivity contribution in [2.45, 2.75) is 32.7 Å². The number of aliphatic hydroxyl groups is 1. The highest BCUT2D eigenvalue weighted by Crippen LogP contribution is 2.10. The standard InChI is InChI=1S/C14H20N2O3/c1-3-10-6-5-7-12(8-10)16-14(19)13(18)15-11(4-2)9-17/h5-8,11,17H,3-4,9H2,1-2H3,(H,15,18)(H,16,19). The smallest absolute Gasteiger partial charge is 0.313 e. The van der Waals surface area contributed by atoms with Crippen LogP contribution in [-0.4, -0.2) is 29.6 Å². The molecule has 5 heteroatoms. The average Bonchev–Trinajstić information content (AvgIpc) is 2.44. The van der Waals surface area contributed by atoms with Crippen molar-refractivity contribution in [3.63, 3.8) is 0 Å². The molecule has 0 aliphatic carbocycles. The molecule has 0 radical (unpaired) electrons. The summed E-state index contributed by atoms with van der Waals surface area (Å²) in [5.74, 6) is -1.46. The molecule has 0 aliphatic heterocycles. The minimum Gasteiger partial charge on any atom is -0.394 e. The fourth-order valence-electron chi connectivity index (χ4n) is 1.58. The molecule has 0 saturated carbocycles. The van der Waals surface area contributed by atoms with Crippen LogP contribution in [-0.2, 0) is 16.0 Å². The number of aryl methyl sites for hydroxylation is 1. The topological polar surface area (TPSA) is 78.4 Å². The zero-order valence-corrected chi connectivity index (χ0v) is 11.3. The predicted octanol–water partition coefficient (Wildman–Crippen LogP) is 1.07. The van der Waals surface area contributed by atoms with Crippen LogP contribution in [0.25, 0.3) is 0 Å². The van der Waals surface area contributed by atoms with E-state index in [1.165, 1.54) is 0 Å². The first kappa shape index (κ1) is 15.2. The first-order chi connectivity index (χ1) is 9.10. The Labute approximate surface area is 113 Å². The van der Waals surface area contributed by atoms with Gasteiger partial charge in [-0.1, -0.05) is 26.0 Å². The fourth-order valence-corrected chi connectivity index (χ4v) is 1.58. The van der Waals surface area contributed by atoms with Crippen LogP contribution >= 0.6 is 0 Å². The highest BCUT2D eigenvalue weighted by molar-refractivity contribution is 6.39. The van der Waals surface area contributed by atoms with Gasteiger partial charge in [0.1, 0.15) is 0 Å². The Balaban J connectivity index is 2.60. The molecule has 2 amide bonds. The van der Waals surface area contributed by atoms with Gasteiger partial charge >= 0.3 is 11.8 Å². The lowest BCUT2D eigenvalue weighted by Gasteiger charge is -2.13. The van der Waals surface area contributed by atoms with Crippen molar-refractivity contribution in [3.8, 4) is 0 Å². The van der Waals surface area contributed by atoms with Gasteiger partial charge in [-0.2, -0.15) is 0 Å². The van der Waals surface area contributed by atoms with Gasteiger partial charge in [-0.05, 0) is 30.5 Å². The van der Waals surface area contributed by atoms with Crippen molar-refractivity contribution in [1.82, 2.24) is 5.32 Å². The van der Waals surface area contributed by atoms with Crippen molar-refractivity contribution in [2.24, 2.45) is 0 Å². The van der Waals surface area contributed by atoms with Crippen LogP contribution in [0, 0.1) is 0 Å². The van der Waals surface area contributed by atoms with Gasteiger partial charge in [0.05, 0.1) is 12.6 Å². The molecule has 19 heavy (non-hydrogen) atoms. The second-order valence-electron chi connectivity index (χ2n) is 4.27. The molecule has 0 fully saturated rings. The molecule has 1 aromatic carbocycles. The summed E-state index contributed by atoms with van der Waals surface area (Å²) < 4.78 is 0. The van der Waals surface area contributed by atoms with E-state index in [0.29, 0.717) is 12.1 Å². The van der Waals surface area contributed by atoms with E-state index in [0.717, 1.165) is 12.0 Å². The summed E-state index contributed by atoms with van der Waals surface area (Å²) in [6.07, 6.45) is 1.43. The van der Waals surface area contributed by atoms with Gasteiger partial charge in [-0.3, -0.25) is 9.59 Å². The zero-order valence-electron chi connectivity index (χ0n) is 11.3. The number of hydrogen-bond acceptors (Lipinski definition) is 3. The van der Waals surface area contributed by atoms with Crippen LogP contribution in [0.4, 0.5) is 5.69 Å². The zero-order chi connectivity index (χ0) is 14.3. The van der Waals surface area contributed by atoms with Gasteiger partial charge in [-0.15, -0.1) is 0 Å². The lowest BCUT2D eigenvalue weighted by atomic mass is 10.1. The first-order valence-corrected chi connectivity index (χ1v) is 6.42. The Bertz CT molecular complexity index is 442. The summed E-state index contributed by atoms with van der Waals surface area (Å²) in [4.78, 5) is 23.3. The van der Waals surface area contributed by atoms with E-state index in [2.05, 4.69) is 10.6 Å². The molecule has 0 bridgehead atoms. The van der Waals surface area contributed by atoms with Crippen LogP contribution < -0.4 is 10.6 Å². The quantitative estimate of drug-likeness (QED) is 0.696. The highest BCUT2D eigenvalue weighted by atomic mass is 16.3.